The first kappa shape index (κ1) is 17.7. The fourth-order valence-corrected chi connectivity index (χ4v) is 2.83. The Bertz CT molecular complexity index is 441. The van der Waals surface area contributed by atoms with Crippen LogP contribution in [0.15, 0.2) is 12.1 Å². The van der Waals surface area contributed by atoms with E-state index in [-0.39, 0.29) is 6.42 Å². The second-order valence-corrected chi connectivity index (χ2v) is 5.54. The van der Waals surface area contributed by atoms with Gasteiger partial charge in [-0.1, -0.05) is 32.9 Å². The van der Waals surface area contributed by atoms with Gasteiger partial charge >= 0.3 is 5.97 Å². The number of carbonyl (C=O) groups is 1. The summed E-state index contributed by atoms with van der Waals surface area (Å²) >= 11 is 0. The summed E-state index contributed by atoms with van der Waals surface area (Å²) < 4.78 is 0. The molecule has 1 aromatic carbocycles. The van der Waals surface area contributed by atoms with E-state index in [0.717, 1.165) is 31.2 Å². The van der Waals surface area contributed by atoms with E-state index in [1.165, 1.54) is 16.7 Å². The second kappa shape index (κ2) is 8.83. The molecule has 0 spiro atoms. The Kier molecular flexibility index (Phi) is 7.44. The van der Waals surface area contributed by atoms with E-state index < -0.39 is 12.1 Å². The molecule has 0 aliphatic carbocycles. The summed E-state index contributed by atoms with van der Waals surface area (Å²) in [6.45, 7) is 6.39. The van der Waals surface area contributed by atoms with Gasteiger partial charge in [0.25, 0.3) is 0 Å². The van der Waals surface area contributed by atoms with Crippen molar-refractivity contribution >= 4 is 5.97 Å². The number of aliphatic hydroxyl groups excluding tert-OH is 1. The summed E-state index contributed by atoms with van der Waals surface area (Å²) in [4.78, 5) is 10.5. The third kappa shape index (κ3) is 5.16. The van der Waals surface area contributed by atoms with Crippen molar-refractivity contribution in [3.05, 3.63) is 34.4 Å². The standard InChI is InChI=1S/C18H28O3/c1-4-13-11-14(5-2)18(15(6-3)12-13)16(19)9-7-8-10-17(20)21/h11-12,16,19H,4-10H2,1-3H3,(H,20,21). The molecule has 0 saturated heterocycles. The van der Waals surface area contributed by atoms with Gasteiger partial charge in [-0.15, -0.1) is 0 Å². The van der Waals surface area contributed by atoms with Gasteiger partial charge in [0.1, 0.15) is 0 Å². The van der Waals surface area contributed by atoms with Gasteiger partial charge in [0.2, 0.25) is 0 Å². The average Bonchev–Trinajstić information content (AvgIpc) is 2.49. The fourth-order valence-electron chi connectivity index (χ4n) is 2.83. The third-order valence-electron chi connectivity index (χ3n) is 4.03. The number of hydrogen-bond acceptors (Lipinski definition) is 2. The molecule has 0 radical (unpaired) electrons. The maximum absolute atomic E-state index is 10.5. The summed E-state index contributed by atoms with van der Waals surface area (Å²) in [6, 6.07) is 4.41. The van der Waals surface area contributed by atoms with Gasteiger partial charge in [-0.3, -0.25) is 4.79 Å². The summed E-state index contributed by atoms with van der Waals surface area (Å²) in [5.41, 5.74) is 4.87. The van der Waals surface area contributed by atoms with Crippen LogP contribution >= 0.6 is 0 Å². The highest BCUT2D eigenvalue weighted by atomic mass is 16.4. The van der Waals surface area contributed by atoms with Crippen molar-refractivity contribution in [1.82, 2.24) is 0 Å². The molecular weight excluding hydrogens is 264 g/mol. The third-order valence-corrected chi connectivity index (χ3v) is 4.03. The van der Waals surface area contributed by atoms with E-state index >= 15 is 0 Å². The van der Waals surface area contributed by atoms with Crippen LogP contribution < -0.4 is 0 Å². The molecule has 118 valence electrons. The first-order valence-electron chi connectivity index (χ1n) is 8.07. The number of aliphatic carboxylic acids is 1. The number of carboxylic acids is 1. The molecular formula is C18H28O3. The minimum atomic E-state index is -0.764. The monoisotopic (exact) mass is 292 g/mol. The first-order valence-corrected chi connectivity index (χ1v) is 8.07. The number of benzene rings is 1. The molecule has 2 N–H and O–H groups in total. The molecule has 0 bridgehead atoms. The number of aryl methyl sites for hydroxylation is 3. The largest absolute Gasteiger partial charge is 0.481 e. The molecule has 0 aromatic heterocycles. The Hall–Kier alpha value is -1.35. The first-order chi connectivity index (χ1) is 10.0. The minimum absolute atomic E-state index is 0.183. The number of unbranched alkanes of at least 4 members (excludes halogenated alkanes) is 1. The van der Waals surface area contributed by atoms with Gasteiger partial charge in [-0.05, 0) is 60.8 Å². The highest BCUT2D eigenvalue weighted by molar-refractivity contribution is 5.66. The molecule has 1 unspecified atom stereocenters. The van der Waals surface area contributed by atoms with Crippen molar-refractivity contribution in [3.8, 4) is 0 Å². The SMILES string of the molecule is CCc1cc(CC)c(C(O)CCCCC(=O)O)c(CC)c1. The van der Waals surface area contributed by atoms with Crippen LogP contribution in [0, 0.1) is 0 Å². The van der Waals surface area contributed by atoms with Crippen molar-refractivity contribution in [3.63, 3.8) is 0 Å². The van der Waals surface area contributed by atoms with Crippen LogP contribution in [-0.2, 0) is 24.1 Å². The zero-order chi connectivity index (χ0) is 15.8. The van der Waals surface area contributed by atoms with E-state index in [4.69, 9.17) is 5.11 Å². The molecule has 0 heterocycles. The second-order valence-electron chi connectivity index (χ2n) is 5.54. The summed E-state index contributed by atoms with van der Waals surface area (Å²) in [7, 11) is 0. The summed E-state index contributed by atoms with van der Waals surface area (Å²) in [5.74, 6) is -0.764. The van der Waals surface area contributed by atoms with Crippen LogP contribution in [0.3, 0.4) is 0 Å². The average molecular weight is 292 g/mol. The van der Waals surface area contributed by atoms with E-state index in [0.29, 0.717) is 12.8 Å². The molecule has 3 heteroatoms. The molecule has 0 amide bonds. The van der Waals surface area contributed by atoms with Gasteiger partial charge in [0.15, 0.2) is 0 Å². The van der Waals surface area contributed by atoms with Crippen molar-refractivity contribution in [1.29, 1.82) is 0 Å². The van der Waals surface area contributed by atoms with Crippen LogP contribution in [-0.4, -0.2) is 16.2 Å². The number of rotatable bonds is 9. The predicted octanol–water partition coefficient (Wildman–Crippen LogP) is 4.05. The molecule has 0 aliphatic rings. The molecule has 1 aromatic rings. The topological polar surface area (TPSA) is 57.5 Å². The fraction of sp³-hybridized carbons (Fsp3) is 0.611. The van der Waals surface area contributed by atoms with Crippen molar-refractivity contribution in [2.24, 2.45) is 0 Å². The van der Waals surface area contributed by atoms with Gasteiger partial charge in [-0.2, -0.15) is 0 Å². The lowest BCUT2D eigenvalue weighted by Gasteiger charge is -2.20. The minimum Gasteiger partial charge on any atom is -0.481 e. The van der Waals surface area contributed by atoms with Crippen LogP contribution in [0.2, 0.25) is 0 Å². The number of carboxylic acid groups (broad SMARTS) is 1. The van der Waals surface area contributed by atoms with Gasteiger partial charge in [-0.25, -0.2) is 0 Å². The van der Waals surface area contributed by atoms with Crippen LogP contribution in [0.5, 0.6) is 0 Å². The smallest absolute Gasteiger partial charge is 0.303 e. The highest BCUT2D eigenvalue weighted by Crippen LogP contribution is 2.29. The lowest BCUT2D eigenvalue weighted by Crippen LogP contribution is -2.08. The zero-order valence-electron chi connectivity index (χ0n) is 13.5. The van der Waals surface area contributed by atoms with E-state index in [1.807, 2.05) is 0 Å². The van der Waals surface area contributed by atoms with Crippen molar-refractivity contribution < 1.29 is 15.0 Å². The predicted molar refractivity (Wildman–Crippen MR) is 85.6 cm³/mol. The molecule has 1 rings (SSSR count). The lowest BCUT2D eigenvalue weighted by molar-refractivity contribution is -0.137. The Balaban J connectivity index is 2.86. The van der Waals surface area contributed by atoms with Gasteiger partial charge in [0, 0.05) is 6.42 Å². The Morgan fingerprint density at radius 2 is 1.62 bits per heavy atom. The normalized spacial score (nSPS) is 12.4. The van der Waals surface area contributed by atoms with Crippen LogP contribution in [0.25, 0.3) is 0 Å². The quantitative estimate of drug-likeness (QED) is 0.675. The molecule has 0 fully saturated rings. The van der Waals surface area contributed by atoms with Gasteiger partial charge in [0.05, 0.1) is 6.10 Å². The van der Waals surface area contributed by atoms with Gasteiger partial charge < -0.3 is 10.2 Å². The Morgan fingerprint density at radius 3 is 2.05 bits per heavy atom. The van der Waals surface area contributed by atoms with Crippen molar-refractivity contribution in [2.45, 2.75) is 71.8 Å². The van der Waals surface area contributed by atoms with E-state index in [2.05, 4.69) is 32.9 Å². The molecule has 3 nitrogen and oxygen atoms in total. The maximum Gasteiger partial charge on any atom is 0.303 e. The Morgan fingerprint density at radius 1 is 1.05 bits per heavy atom. The number of aliphatic hydroxyl groups is 1. The molecule has 21 heavy (non-hydrogen) atoms. The molecule has 0 aliphatic heterocycles. The molecule has 0 saturated carbocycles. The van der Waals surface area contributed by atoms with Crippen LogP contribution in [0.1, 0.15) is 74.8 Å². The highest BCUT2D eigenvalue weighted by Gasteiger charge is 2.16. The number of hydrogen-bond donors (Lipinski definition) is 2. The summed E-state index contributed by atoms with van der Waals surface area (Å²) in [5, 5.41) is 19.2. The van der Waals surface area contributed by atoms with Crippen LogP contribution in [0.4, 0.5) is 0 Å². The Labute approximate surface area is 128 Å². The van der Waals surface area contributed by atoms with E-state index in [9.17, 15) is 9.90 Å². The lowest BCUT2D eigenvalue weighted by atomic mass is 9.88. The van der Waals surface area contributed by atoms with E-state index in [1.54, 1.807) is 0 Å². The summed E-state index contributed by atoms with van der Waals surface area (Å²) in [6.07, 6.45) is 4.56. The zero-order valence-corrected chi connectivity index (χ0v) is 13.5. The van der Waals surface area contributed by atoms with Crippen molar-refractivity contribution in [2.75, 3.05) is 0 Å². The molecule has 1 atom stereocenters. The maximum atomic E-state index is 10.5.